The molecule has 0 radical (unpaired) electrons. The molecule has 2 fully saturated rings. The second-order valence-electron chi connectivity index (χ2n) is 4.28. The highest BCUT2D eigenvalue weighted by molar-refractivity contribution is 9.09. The van der Waals surface area contributed by atoms with E-state index in [2.05, 4.69) is 27.7 Å². The number of ether oxygens (including phenoxy) is 1. The van der Waals surface area contributed by atoms with Gasteiger partial charge < -0.3 is 4.74 Å². The lowest BCUT2D eigenvalue weighted by molar-refractivity contribution is 0.129. The van der Waals surface area contributed by atoms with Gasteiger partial charge in [-0.25, -0.2) is 0 Å². The summed E-state index contributed by atoms with van der Waals surface area (Å²) >= 11 is 5.69. The highest BCUT2D eigenvalue weighted by atomic mass is 79.9. The first kappa shape index (κ1) is 10.3. The molecule has 0 aromatic carbocycles. The Morgan fingerprint density at radius 3 is 2.85 bits per heavy atom. The second-order valence-corrected chi connectivity index (χ2v) is 5.87. The maximum atomic E-state index is 5.59. The van der Waals surface area contributed by atoms with Gasteiger partial charge in [-0.2, -0.15) is 11.8 Å². The van der Waals surface area contributed by atoms with Crippen LogP contribution in [-0.4, -0.2) is 29.5 Å². The van der Waals surface area contributed by atoms with Crippen molar-refractivity contribution in [3.05, 3.63) is 0 Å². The molecule has 1 nitrogen and oxygen atoms in total. The number of hydrogen-bond acceptors (Lipinski definition) is 2. The smallest absolute Gasteiger partial charge is 0.0666 e. The molecule has 1 saturated heterocycles. The molecule has 2 rings (SSSR count). The molecule has 1 saturated carbocycles. The van der Waals surface area contributed by atoms with Crippen molar-refractivity contribution in [1.29, 1.82) is 0 Å². The maximum absolute atomic E-state index is 5.59. The molecule has 1 aliphatic heterocycles. The first-order chi connectivity index (χ1) is 6.35. The van der Waals surface area contributed by atoms with Crippen LogP contribution in [0.4, 0.5) is 0 Å². The fraction of sp³-hybridized carbons (Fsp3) is 1.00. The summed E-state index contributed by atoms with van der Waals surface area (Å²) in [5, 5.41) is 1.19. The molecule has 0 aromatic heterocycles. The van der Waals surface area contributed by atoms with Crippen LogP contribution in [0.1, 0.15) is 25.7 Å². The van der Waals surface area contributed by atoms with Gasteiger partial charge in [-0.3, -0.25) is 0 Å². The van der Waals surface area contributed by atoms with Crippen molar-refractivity contribution in [2.24, 2.45) is 5.41 Å². The Kier molecular flexibility index (Phi) is 3.60. The number of hydrogen-bond donors (Lipinski definition) is 0. The molecular formula is C10H17BrOS. The van der Waals surface area contributed by atoms with E-state index in [-0.39, 0.29) is 0 Å². The molecule has 1 unspecified atom stereocenters. The van der Waals surface area contributed by atoms with E-state index in [4.69, 9.17) is 4.74 Å². The predicted molar refractivity (Wildman–Crippen MR) is 61.8 cm³/mol. The van der Waals surface area contributed by atoms with Crippen molar-refractivity contribution in [3.8, 4) is 0 Å². The van der Waals surface area contributed by atoms with Gasteiger partial charge in [0.05, 0.1) is 6.10 Å². The third-order valence-corrected chi connectivity index (χ3v) is 5.59. The monoisotopic (exact) mass is 264 g/mol. The van der Waals surface area contributed by atoms with E-state index in [0.29, 0.717) is 11.5 Å². The first-order valence-electron chi connectivity index (χ1n) is 5.10. The largest absolute Gasteiger partial charge is 0.377 e. The van der Waals surface area contributed by atoms with E-state index in [1.54, 1.807) is 0 Å². The molecule has 0 bridgehead atoms. The van der Waals surface area contributed by atoms with Gasteiger partial charge in [0.1, 0.15) is 0 Å². The van der Waals surface area contributed by atoms with Crippen molar-refractivity contribution in [3.63, 3.8) is 0 Å². The van der Waals surface area contributed by atoms with E-state index in [0.717, 1.165) is 6.61 Å². The van der Waals surface area contributed by atoms with Gasteiger partial charge >= 0.3 is 0 Å². The molecule has 1 heterocycles. The van der Waals surface area contributed by atoms with Crippen LogP contribution in [0.2, 0.25) is 0 Å². The molecule has 76 valence electrons. The Morgan fingerprint density at radius 1 is 1.46 bits per heavy atom. The predicted octanol–water partition coefficient (Wildman–Crippen LogP) is 3.07. The van der Waals surface area contributed by atoms with E-state index in [9.17, 15) is 0 Å². The average Bonchev–Trinajstić information content (AvgIpc) is 2.74. The van der Waals surface area contributed by atoms with Gasteiger partial charge in [-0.15, -0.1) is 0 Å². The van der Waals surface area contributed by atoms with Gasteiger partial charge in [-0.05, 0) is 36.9 Å². The minimum absolute atomic E-state index is 0.566. The van der Waals surface area contributed by atoms with Crippen molar-refractivity contribution < 1.29 is 4.74 Å². The number of thioether (sulfide) groups is 1. The molecule has 1 atom stereocenters. The summed E-state index contributed by atoms with van der Waals surface area (Å²) in [6.07, 6.45) is 5.98. The fourth-order valence-corrected chi connectivity index (χ4v) is 4.16. The lowest BCUT2D eigenvalue weighted by atomic mass is 10.2. The van der Waals surface area contributed by atoms with Crippen molar-refractivity contribution in [2.45, 2.75) is 31.8 Å². The van der Waals surface area contributed by atoms with Crippen LogP contribution in [-0.2, 0) is 4.74 Å². The second kappa shape index (κ2) is 4.54. The third-order valence-electron chi connectivity index (χ3n) is 2.98. The van der Waals surface area contributed by atoms with Gasteiger partial charge in [0.2, 0.25) is 0 Å². The minimum Gasteiger partial charge on any atom is -0.377 e. The Morgan fingerprint density at radius 2 is 2.31 bits per heavy atom. The zero-order chi connectivity index (χ0) is 9.15. The van der Waals surface area contributed by atoms with E-state index in [1.807, 2.05) is 0 Å². The zero-order valence-electron chi connectivity index (χ0n) is 7.93. The van der Waals surface area contributed by atoms with E-state index >= 15 is 0 Å². The molecule has 3 heteroatoms. The minimum atomic E-state index is 0.566. The van der Waals surface area contributed by atoms with Gasteiger partial charge in [0.25, 0.3) is 0 Å². The average molecular weight is 265 g/mol. The van der Waals surface area contributed by atoms with Crippen LogP contribution >= 0.6 is 27.7 Å². The normalized spacial score (nSPS) is 30.7. The summed E-state index contributed by atoms with van der Waals surface area (Å²) in [5.74, 6) is 2.55. The van der Waals surface area contributed by atoms with Crippen LogP contribution in [0.3, 0.4) is 0 Å². The maximum Gasteiger partial charge on any atom is 0.0666 e. The third kappa shape index (κ3) is 2.87. The van der Waals surface area contributed by atoms with Crippen LogP contribution in [0.15, 0.2) is 0 Å². The molecule has 0 N–H and O–H groups in total. The van der Waals surface area contributed by atoms with Crippen LogP contribution in [0.5, 0.6) is 0 Å². The Balaban J connectivity index is 1.58. The van der Waals surface area contributed by atoms with Crippen LogP contribution in [0, 0.1) is 5.41 Å². The summed E-state index contributed by atoms with van der Waals surface area (Å²) < 4.78 is 5.59. The summed E-state index contributed by atoms with van der Waals surface area (Å²) in [5.41, 5.74) is 0.670. The van der Waals surface area contributed by atoms with Crippen LogP contribution in [0.25, 0.3) is 0 Å². The molecule has 2 aliphatic rings. The van der Waals surface area contributed by atoms with Gasteiger partial charge in [0, 0.05) is 17.7 Å². The Bertz CT molecular complexity index is 164. The summed E-state index contributed by atoms with van der Waals surface area (Å²) in [7, 11) is 0. The molecule has 13 heavy (non-hydrogen) atoms. The standard InChI is InChI=1S/C10H17BrOS/c11-7-10(3-4-10)8-13-6-9-2-1-5-12-9/h9H,1-8H2. The van der Waals surface area contributed by atoms with Crippen molar-refractivity contribution in [1.82, 2.24) is 0 Å². The zero-order valence-corrected chi connectivity index (χ0v) is 10.3. The van der Waals surface area contributed by atoms with Gasteiger partial charge in [0.15, 0.2) is 0 Å². The highest BCUT2D eigenvalue weighted by Crippen LogP contribution is 2.49. The van der Waals surface area contributed by atoms with Crippen molar-refractivity contribution in [2.75, 3.05) is 23.4 Å². The number of alkyl halides is 1. The lowest BCUT2D eigenvalue weighted by Crippen LogP contribution is -2.12. The van der Waals surface area contributed by atoms with E-state index in [1.165, 1.54) is 42.5 Å². The molecule has 1 aliphatic carbocycles. The molecular weight excluding hydrogens is 248 g/mol. The lowest BCUT2D eigenvalue weighted by Gasteiger charge is -2.13. The molecule has 0 aromatic rings. The number of rotatable bonds is 5. The summed E-state index contributed by atoms with van der Waals surface area (Å²) in [6, 6.07) is 0. The summed E-state index contributed by atoms with van der Waals surface area (Å²) in [4.78, 5) is 0. The van der Waals surface area contributed by atoms with E-state index < -0.39 is 0 Å². The number of halogens is 1. The van der Waals surface area contributed by atoms with Crippen molar-refractivity contribution >= 4 is 27.7 Å². The summed E-state index contributed by atoms with van der Waals surface area (Å²) in [6.45, 7) is 0.995. The topological polar surface area (TPSA) is 9.23 Å². The molecule has 0 amide bonds. The SMILES string of the molecule is BrCC1(CSCC2CCCO2)CC1. The Hall–Kier alpha value is 0.790. The fourth-order valence-electron chi connectivity index (χ4n) is 1.68. The first-order valence-corrected chi connectivity index (χ1v) is 7.38. The molecule has 0 spiro atoms. The van der Waals surface area contributed by atoms with Crippen LogP contribution < -0.4 is 0 Å². The van der Waals surface area contributed by atoms with Gasteiger partial charge in [-0.1, -0.05) is 15.9 Å². The quantitative estimate of drug-likeness (QED) is 0.706. The Labute approximate surface area is 93.1 Å². The highest BCUT2D eigenvalue weighted by Gasteiger charge is 2.41.